The fraction of sp³-hybridized carbons (Fsp3) is 0.500. The van der Waals surface area contributed by atoms with E-state index in [2.05, 4.69) is 6.07 Å². The average molecular weight is 627 g/mol. The summed E-state index contributed by atoms with van der Waals surface area (Å²) in [5.41, 5.74) is 2.21. The van der Waals surface area contributed by atoms with Crippen LogP contribution in [-0.2, 0) is 40.5 Å². The van der Waals surface area contributed by atoms with Gasteiger partial charge in [0.25, 0.3) is 5.91 Å². The van der Waals surface area contributed by atoms with Crippen molar-refractivity contribution in [1.82, 2.24) is 9.80 Å². The first-order valence-corrected chi connectivity index (χ1v) is 15.6. The van der Waals surface area contributed by atoms with Crippen LogP contribution in [0.5, 0.6) is 11.5 Å². The Morgan fingerprint density at radius 2 is 1.71 bits per heavy atom. The molecule has 0 bridgehead atoms. The molecule has 0 heterocycles. The van der Waals surface area contributed by atoms with Crippen LogP contribution >= 0.6 is 19.4 Å². The highest BCUT2D eigenvalue weighted by atomic mass is 35.5. The van der Waals surface area contributed by atoms with Crippen LogP contribution in [-0.4, -0.2) is 76.2 Å². The SMILES string of the molecule is CCN(CC)C(=O)/C(Cl)=C(/C)OP(=O)(OC)OCOC(C)[C@H](Oc1ccccc1CCc1cccc(OC)c1)N(C)C. The highest BCUT2D eigenvalue weighted by Crippen LogP contribution is 2.51. The molecular formula is C30H44ClN2O8P. The van der Waals surface area contributed by atoms with Crippen LogP contribution in [0.3, 0.4) is 0 Å². The summed E-state index contributed by atoms with van der Waals surface area (Å²) in [7, 11) is 2.44. The first kappa shape index (κ1) is 35.6. The van der Waals surface area contributed by atoms with Crippen molar-refractivity contribution in [2.45, 2.75) is 52.9 Å². The highest BCUT2D eigenvalue weighted by molar-refractivity contribution is 7.48. The molecule has 0 aliphatic heterocycles. The number of carbonyl (C=O) groups excluding carboxylic acids is 1. The van der Waals surface area contributed by atoms with E-state index in [9.17, 15) is 9.36 Å². The molecule has 12 heteroatoms. The largest absolute Gasteiger partial charge is 0.531 e. The molecule has 2 rings (SSSR count). The number of hydrogen-bond donors (Lipinski definition) is 0. The molecule has 2 unspecified atom stereocenters. The molecule has 3 atom stereocenters. The molecule has 0 fully saturated rings. The van der Waals surface area contributed by atoms with Crippen LogP contribution in [0.2, 0.25) is 0 Å². The number of amides is 1. The van der Waals surface area contributed by atoms with Crippen molar-refractivity contribution in [2.75, 3.05) is 48.2 Å². The first-order valence-electron chi connectivity index (χ1n) is 13.8. The zero-order chi connectivity index (χ0) is 31.3. The van der Waals surface area contributed by atoms with E-state index < -0.39 is 32.9 Å². The number of phosphoric ester groups is 1. The van der Waals surface area contributed by atoms with Crippen LogP contribution in [0, 0.1) is 0 Å². The number of allylic oxidation sites excluding steroid dienone is 1. The van der Waals surface area contributed by atoms with E-state index in [1.54, 1.807) is 7.11 Å². The second-order valence-electron chi connectivity index (χ2n) is 9.62. The maximum atomic E-state index is 13.1. The van der Waals surface area contributed by atoms with Crippen molar-refractivity contribution >= 4 is 25.3 Å². The van der Waals surface area contributed by atoms with E-state index in [1.165, 1.54) is 18.9 Å². The van der Waals surface area contributed by atoms with Crippen molar-refractivity contribution < 1.29 is 37.1 Å². The fourth-order valence-corrected chi connectivity index (χ4v) is 5.15. The maximum absolute atomic E-state index is 13.1. The zero-order valence-electron chi connectivity index (χ0n) is 25.8. The number of rotatable bonds is 18. The third kappa shape index (κ3) is 10.6. The number of nitrogens with zero attached hydrogens (tertiary/aromatic N) is 2. The lowest BCUT2D eigenvalue weighted by Crippen LogP contribution is -2.43. The molecule has 0 aromatic heterocycles. The quantitative estimate of drug-likeness (QED) is 0.0825. The number of methoxy groups -OCH3 is 1. The number of aryl methyl sites for hydroxylation is 2. The molecule has 0 saturated heterocycles. The Kier molecular flexibility index (Phi) is 14.8. The number of carbonyl (C=O) groups is 1. The summed E-state index contributed by atoms with van der Waals surface area (Å²) in [6, 6.07) is 15.9. The Balaban J connectivity index is 2.04. The van der Waals surface area contributed by atoms with Gasteiger partial charge >= 0.3 is 7.82 Å². The highest BCUT2D eigenvalue weighted by Gasteiger charge is 2.31. The maximum Gasteiger partial charge on any atom is 0.531 e. The number of halogens is 1. The van der Waals surface area contributed by atoms with Gasteiger partial charge in [0.1, 0.15) is 28.4 Å². The van der Waals surface area contributed by atoms with Gasteiger partial charge in [0.05, 0.1) is 7.11 Å². The minimum Gasteiger partial charge on any atom is -0.497 e. The van der Waals surface area contributed by atoms with Crippen LogP contribution in [0.4, 0.5) is 0 Å². The molecule has 2 aromatic rings. The van der Waals surface area contributed by atoms with Crippen molar-refractivity contribution in [3.05, 3.63) is 70.4 Å². The lowest BCUT2D eigenvalue weighted by atomic mass is 10.0. The molecule has 0 N–H and O–H groups in total. The third-order valence-corrected chi connectivity index (χ3v) is 8.30. The van der Waals surface area contributed by atoms with Gasteiger partial charge < -0.3 is 23.6 Å². The normalized spacial score (nSPS) is 14.9. The van der Waals surface area contributed by atoms with Gasteiger partial charge in [0.2, 0.25) is 0 Å². The van der Waals surface area contributed by atoms with Crippen molar-refractivity contribution in [3.63, 3.8) is 0 Å². The Morgan fingerprint density at radius 1 is 1.02 bits per heavy atom. The van der Waals surface area contributed by atoms with Gasteiger partial charge in [-0.3, -0.25) is 14.2 Å². The molecule has 10 nitrogen and oxygen atoms in total. The van der Waals surface area contributed by atoms with Crippen LogP contribution in [0.15, 0.2) is 59.3 Å². The van der Waals surface area contributed by atoms with E-state index >= 15 is 0 Å². The predicted octanol–water partition coefficient (Wildman–Crippen LogP) is 6.24. The zero-order valence-corrected chi connectivity index (χ0v) is 27.4. The Bertz CT molecular complexity index is 1220. The number of benzene rings is 2. The number of phosphoric acid groups is 1. The second kappa shape index (κ2) is 17.5. The molecule has 0 aliphatic carbocycles. The molecule has 234 valence electrons. The molecule has 0 aliphatic rings. The smallest absolute Gasteiger partial charge is 0.497 e. The van der Waals surface area contributed by atoms with Gasteiger partial charge in [-0.05, 0) is 84.0 Å². The lowest BCUT2D eigenvalue weighted by Gasteiger charge is -2.31. The summed E-state index contributed by atoms with van der Waals surface area (Å²) < 4.78 is 46.4. The number of ether oxygens (including phenoxy) is 3. The van der Waals surface area contributed by atoms with Gasteiger partial charge in [0, 0.05) is 20.2 Å². The van der Waals surface area contributed by atoms with E-state index in [0.717, 1.165) is 35.5 Å². The van der Waals surface area contributed by atoms with Crippen LogP contribution < -0.4 is 9.47 Å². The van der Waals surface area contributed by atoms with Crippen LogP contribution in [0.25, 0.3) is 0 Å². The standard InChI is InChI=1S/C30H44ClN2O8P/c1-9-33(10-2)29(34)28(31)22(3)41-42(35,37-8)39-21-38-23(4)30(32(5)6)40-27-17-12-11-15-25(27)19-18-24-14-13-16-26(20-24)36-7/h11-17,20,23,30H,9-10,18-19,21H2,1-8H3/b28-22+/t23?,30-,42?/m0/s1. The molecule has 42 heavy (non-hydrogen) atoms. The molecule has 0 saturated carbocycles. The third-order valence-electron chi connectivity index (χ3n) is 6.51. The Morgan fingerprint density at radius 3 is 2.33 bits per heavy atom. The molecular weight excluding hydrogens is 583 g/mol. The monoisotopic (exact) mass is 626 g/mol. The van der Waals surface area contributed by atoms with Gasteiger partial charge in [-0.25, -0.2) is 9.09 Å². The molecule has 1 amide bonds. The van der Waals surface area contributed by atoms with E-state index in [4.69, 9.17) is 39.4 Å². The topological polar surface area (TPSA) is 96.0 Å². The van der Waals surface area contributed by atoms with E-state index in [1.807, 2.05) is 82.2 Å². The average Bonchev–Trinajstić information content (AvgIpc) is 2.99. The Labute approximate surface area is 255 Å². The summed E-state index contributed by atoms with van der Waals surface area (Å²) in [5, 5.41) is -0.208. The summed E-state index contributed by atoms with van der Waals surface area (Å²) in [5.74, 6) is 1.03. The summed E-state index contributed by atoms with van der Waals surface area (Å²) >= 11 is 6.19. The van der Waals surface area contributed by atoms with Gasteiger partial charge in [0.15, 0.2) is 13.0 Å². The molecule has 2 aromatic carbocycles. The summed E-state index contributed by atoms with van der Waals surface area (Å²) in [6.07, 6.45) is 0.565. The summed E-state index contributed by atoms with van der Waals surface area (Å²) in [6.45, 7) is 7.40. The Hall–Kier alpha value is -2.59. The van der Waals surface area contributed by atoms with E-state index in [-0.39, 0.29) is 10.8 Å². The minimum atomic E-state index is -4.13. The number of hydrogen-bond acceptors (Lipinski definition) is 9. The van der Waals surface area contributed by atoms with E-state index in [0.29, 0.717) is 13.1 Å². The van der Waals surface area contributed by atoms with Gasteiger partial charge in [-0.2, -0.15) is 0 Å². The predicted molar refractivity (Wildman–Crippen MR) is 164 cm³/mol. The van der Waals surface area contributed by atoms with Crippen molar-refractivity contribution in [2.24, 2.45) is 0 Å². The lowest BCUT2D eigenvalue weighted by molar-refractivity contribution is -0.126. The fourth-order valence-electron chi connectivity index (χ4n) is 4.09. The summed E-state index contributed by atoms with van der Waals surface area (Å²) in [4.78, 5) is 15.9. The molecule has 0 spiro atoms. The first-order chi connectivity index (χ1) is 20.0. The van der Waals surface area contributed by atoms with Crippen molar-refractivity contribution in [1.29, 1.82) is 0 Å². The minimum absolute atomic E-state index is 0.0770. The molecule has 0 radical (unpaired) electrons. The number of para-hydroxylation sites is 1. The second-order valence-corrected chi connectivity index (χ2v) is 11.7. The van der Waals surface area contributed by atoms with Gasteiger partial charge in [-0.15, -0.1) is 0 Å². The van der Waals surface area contributed by atoms with Crippen LogP contribution in [0.1, 0.15) is 38.8 Å². The number of likely N-dealkylation sites (N-methyl/N-ethyl adjacent to an activating group) is 2. The van der Waals surface area contributed by atoms with Crippen molar-refractivity contribution in [3.8, 4) is 11.5 Å². The van der Waals surface area contributed by atoms with Gasteiger partial charge in [-0.1, -0.05) is 41.9 Å².